The summed E-state index contributed by atoms with van der Waals surface area (Å²) in [4.78, 5) is 13.8. The molecule has 1 aromatic carbocycles. The summed E-state index contributed by atoms with van der Waals surface area (Å²) in [6.45, 7) is 1.40. The average molecular weight is 299 g/mol. The van der Waals surface area contributed by atoms with E-state index in [4.69, 9.17) is 26.8 Å². The molecule has 0 saturated carbocycles. The van der Waals surface area contributed by atoms with Gasteiger partial charge in [-0.3, -0.25) is 4.79 Å². The standard InChI is InChI=1S/C14H19ClN2O3/c1-19-9-12(16)14(18)17-7-6-10(8-17)20-13-5-3-2-4-11(13)15/h2-5,10,12H,6-9,16H2,1H3. The quantitative estimate of drug-likeness (QED) is 0.890. The van der Waals surface area contributed by atoms with E-state index in [-0.39, 0.29) is 18.6 Å². The molecule has 2 unspecified atom stereocenters. The Morgan fingerprint density at radius 1 is 1.55 bits per heavy atom. The highest BCUT2D eigenvalue weighted by atomic mass is 35.5. The van der Waals surface area contributed by atoms with E-state index in [0.29, 0.717) is 23.9 Å². The maximum atomic E-state index is 12.0. The van der Waals surface area contributed by atoms with E-state index in [0.717, 1.165) is 6.42 Å². The van der Waals surface area contributed by atoms with Gasteiger partial charge < -0.3 is 20.1 Å². The highest BCUT2D eigenvalue weighted by Gasteiger charge is 2.30. The van der Waals surface area contributed by atoms with Crippen LogP contribution in [0.4, 0.5) is 0 Å². The van der Waals surface area contributed by atoms with Crippen LogP contribution in [0, 0.1) is 0 Å². The van der Waals surface area contributed by atoms with Crippen LogP contribution in [0.5, 0.6) is 5.75 Å². The molecule has 1 saturated heterocycles. The first-order valence-electron chi connectivity index (χ1n) is 6.56. The van der Waals surface area contributed by atoms with E-state index >= 15 is 0 Å². The molecule has 0 aliphatic carbocycles. The summed E-state index contributed by atoms with van der Waals surface area (Å²) >= 11 is 6.05. The molecule has 1 aromatic rings. The molecule has 6 heteroatoms. The normalized spacial score (nSPS) is 19.9. The second kappa shape index (κ2) is 6.92. The van der Waals surface area contributed by atoms with Crippen LogP contribution in [-0.4, -0.2) is 49.8 Å². The summed E-state index contributed by atoms with van der Waals surface area (Å²) in [5.74, 6) is 0.548. The maximum absolute atomic E-state index is 12.0. The first kappa shape index (κ1) is 15.1. The molecule has 2 atom stereocenters. The number of benzene rings is 1. The van der Waals surface area contributed by atoms with Crippen molar-refractivity contribution in [3.05, 3.63) is 29.3 Å². The molecule has 0 spiro atoms. The van der Waals surface area contributed by atoms with E-state index in [9.17, 15) is 4.79 Å². The summed E-state index contributed by atoms with van der Waals surface area (Å²) < 4.78 is 10.7. The number of amides is 1. The molecule has 5 nitrogen and oxygen atoms in total. The topological polar surface area (TPSA) is 64.8 Å². The zero-order chi connectivity index (χ0) is 14.5. The number of nitrogens with zero attached hydrogens (tertiary/aromatic N) is 1. The SMILES string of the molecule is COCC(N)C(=O)N1CCC(Oc2ccccc2Cl)C1. The van der Waals surface area contributed by atoms with Gasteiger partial charge in [-0.25, -0.2) is 0 Å². The molecule has 2 N–H and O–H groups in total. The third-order valence-corrected chi connectivity index (χ3v) is 3.56. The van der Waals surface area contributed by atoms with Crippen molar-refractivity contribution in [2.24, 2.45) is 5.73 Å². The van der Waals surface area contributed by atoms with Crippen LogP contribution in [0.1, 0.15) is 6.42 Å². The Kier molecular flexibility index (Phi) is 5.23. The van der Waals surface area contributed by atoms with Gasteiger partial charge >= 0.3 is 0 Å². The van der Waals surface area contributed by atoms with Crippen molar-refractivity contribution < 1.29 is 14.3 Å². The summed E-state index contributed by atoms with van der Waals surface area (Å²) in [5, 5.41) is 0.577. The van der Waals surface area contributed by atoms with Crippen molar-refractivity contribution in [1.82, 2.24) is 4.90 Å². The fourth-order valence-corrected chi connectivity index (χ4v) is 2.41. The van der Waals surface area contributed by atoms with Crippen molar-refractivity contribution >= 4 is 17.5 Å². The number of para-hydroxylation sites is 1. The van der Waals surface area contributed by atoms with Crippen molar-refractivity contribution in [3.8, 4) is 5.75 Å². The lowest BCUT2D eigenvalue weighted by Gasteiger charge is -2.20. The van der Waals surface area contributed by atoms with Gasteiger partial charge in [0.1, 0.15) is 17.9 Å². The molecule has 0 radical (unpaired) electrons. The number of hydrogen-bond donors (Lipinski definition) is 1. The Morgan fingerprint density at radius 3 is 3.00 bits per heavy atom. The Bertz CT molecular complexity index is 469. The third kappa shape index (κ3) is 3.62. The van der Waals surface area contributed by atoms with Crippen LogP contribution in [0.3, 0.4) is 0 Å². The van der Waals surface area contributed by atoms with Crippen molar-refractivity contribution in [2.45, 2.75) is 18.6 Å². The number of methoxy groups -OCH3 is 1. The van der Waals surface area contributed by atoms with Crippen LogP contribution in [-0.2, 0) is 9.53 Å². The number of halogens is 1. The minimum absolute atomic E-state index is 0.0476. The Labute approximate surface area is 123 Å². The van der Waals surface area contributed by atoms with E-state index in [1.165, 1.54) is 7.11 Å². The van der Waals surface area contributed by atoms with Crippen LogP contribution >= 0.6 is 11.6 Å². The zero-order valence-corrected chi connectivity index (χ0v) is 12.2. The minimum atomic E-state index is -0.612. The predicted octanol–water partition coefficient (Wildman–Crippen LogP) is 1.29. The van der Waals surface area contributed by atoms with Gasteiger partial charge in [0.2, 0.25) is 5.91 Å². The van der Waals surface area contributed by atoms with Gasteiger partial charge in [-0.15, -0.1) is 0 Å². The van der Waals surface area contributed by atoms with Gasteiger partial charge in [0.15, 0.2) is 0 Å². The molecule has 0 aromatic heterocycles. The van der Waals surface area contributed by atoms with Gasteiger partial charge in [0, 0.05) is 20.1 Å². The third-order valence-electron chi connectivity index (χ3n) is 3.25. The number of carbonyl (C=O) groups excluding carboxylic acids is 1. The van der Waals surface area contributed by atoms with E-state index < -0.39 is 6.04 Å². The lowest BCUT2D eigenvalue weighted by molar-refractivity contribution is -0.132. The molecular formula is C14H19ClN2O3. The molecule has 1 heterocycles. The van der Waals surface area contributed by atoms with E-state index in [1.54, 1.807) is 11.0 Å². The lowest BCUT2D eigenvalue weighted by atomic mass is 10.3. The molecule has 0 bridgehead atoms. The monoisotopic (exact) mass is 298 g/mol. The summed E-state index contributed by atoms with van der Waals surface area (Å²) in [5.41, 5.74) is 5.75. The number of ether oxygens (including phenoxy) is 2. The molecular weight excluding hydrogens is 280 g/mol. The highest BCUT2D eigenvalue weighted by molar-refractivity contribution is 6.32. The average Bonchev–Trinajstić information content (AvgIpc) is 2.89. The summed E-state index contributed by atoms with van der Waals surface area (Å²) in [6, 6.07) is 6.71. The van der Waals surface area contributed by atoms with Crippen molar-refractivity contribution in [3.63, 3.8) is 0 Å². The van der Waals surface area contributed by atoms with Crippen LogP contribution < -0.4 is 10.5 Å². The zero-order valence-electron chi connectivity index (χ0n) is 11.4. The van der Waals surface area contributed by atoms with Crippen LogP contribution in [0.2, 0.25) is 5.02 Å². The fraction of sp³-hybridized carbons (Fsp3) is 0.500. The Balaban J connectivity index is 1.89. The second-order valence-electron chi connectivity index (χ2n) is 4.81. The Hall–Kier alpha value is -1.30. The molecule has 1 aliphatic rings. The summed E-state index contributed by atoms with van der Waals surface area (Å²) in [6.07, 6.45) is 0.727. The molecule has 2 rings (SSSR count). The fourth-order valence-electron chi connectivity index (χ4n) is 2.23. The highest BCUT2D eigenvalue weighted by Crippen LogP contribution is 2.26. The maximum Gasteiger partial charge on any atom is 0.242 e. The Morgan fingerprint density at radius 2 is 2.30 bits per heavy atom. The molecule has 1 amide bonds. The van der Waals surface area contributed by atoms with Crippen LogP contribution in [0.25, 0.3) is 0 Å². The second-order valence-corrected chi connectivity index (χ2v) is 5.21. The summed E-state index contributed by atoms with van der Waals surface area (Å²) in [7, 11) is 1.53. The molecule has 1 fully saturated rings. The molecule has 110 valence electrons. The van der Waals surface area contributed by atoms with Gasteiger partial charge in [-0.05, 0) is 12.1 Å². The van der Waals surface area contributed by atoms with Gasteiger partial charge in [-0.2, -0.15) is 0 Å². The van der Waals surface area contributed by atoms with Gasteiger partial charge in [-0.1, -0.05) is 23.7 Å². The first-order valence-corrected chi connectivity index (χ1v) is 6.94. The van der Waals surface area contributed by atoms with Gasteiger partial charge in [0.05, 0.1) is 18.2 Å². The number of hydrogen-bond acceptors (Lipinski definition) is 4. The lowest BCUT2D eigenvalue weighted by Crippen LogP contribution is -2.45. The molecule has 1 aliphatic heterocycles. The number of likely N-dealkylation sites (tertiary alicyclic amines) is 1. The van der Waals surface area contributed by atoms with E-state index in [1.807, 2.05) is 18.2 Å². The largest absolute Gasteiger partial charge is 0.487 e. The first-order chi connectivity index (χ1) is 9.61. The van der Waals surface area contributed by atoms with Crippen LogP contribution in [0.15, 0.2) is 24.3 Å². The molecule has 20 heavy (non-hydrogen) atoms. The predicted molar refractivity (Wildman–Crippen MR) is 76.9 cm³/mol. The van der Waals surface area contributed by atoms with Gasteiger partial charge in [0.25, 0.3) is 0 Å². The van der Waals surface area contributed by atoms with E-state index in [2.05, 4.69) is 0 Å². The van der Waals surface area contributed by atoms with Crippen molar-refractivity contribution in [1.29, 1.82) is 0 Å². The number of rotatable bonds is 5. The number of carbonyl (C=O) groups is 1. The smallest absolute Gasteiger partial charge is 0.242 e. The number of nitrogens with two attached hydrogens (primary N) is 1. The van der Waals surface area contributed by atoms with Crippen molar-refractivity contribution in [2.75, 3.05) is 26.8 Å². The minimum Gasteiger partial charge on any atom is -0.487 e.